The minimum Gasteiger partial charge on any atom is -0.353 e. The first-order valence-corrected chi connectivity index (χ1v) is 5.83. The first kappa shape index (κ1) is 11.7. The number of aromatic nitrogens is 4. The van der Waals surface area contributed by atoms with E-state index in [2.05, 4.69) is 33.8 Å². The van der Waals surface area contributed by atoms with Crippen molar-refractivity contribution < 1.29 is 0 Å². The van der Waals surface area contributed by atoms with Crippen LogP contribution in [0.4, 0.5) is 5.95 Å². The number of nitrogens with zero attached hydrogens (tertiary/aromatic N) is 4. The van der Waals surface area contributed by atoms with Gasteiger partial charge in [-0.1, -0.05) is 0 Å². The Labute approximate surface area is 101 Å². The molecule has 0 atom stereocenters. The van der Waals surface area contributed by atoms with Crippen LogP contribution in [0.2, 0.25) is 0 Å². The van der Waals surface area contributed by atoms with Gasteiger partial charge in [-0.3, -0.25) is 4.68 Å². The second-order valence-electron chi connectivity index (χ2n) is 4.61. The van der Waals surface area contributed by atoms with E-state index in [4.69, 9.17) is 0 Å². The van der Waals surface area contributed by atoms with E-state index in [0.29, 0.717) is 6.04 Å². The van der Waals surface area contributed by atoms with Crippen LogP contribution in [0.3, 0.4) is 0 Å². The molecule has 0 spiro atoms. The Morgan fingerprint density at radius 1 is 1.41 bits per heavy atom. The Balaban J connectivity index is 2.19. The van der Waals surface area contributed by atoms with Gasteiger partial charge in [0.15, 0.2) is 0 Å². The summed E-state index contributed by atoms with van der Waals surface area (Å²) in [5.41, 5.74) is 2.06. The number of hydrogen-bond acceptors (Lipinski definition) is 3. The number of nitrogens with one attached hydrogen (secondary N) is 1. The average molecular weight is 233 g/mol. The Morgan fingerprint density at radius 3 is 2.76 bits per heavy atom. The van der Waals surface area contributed by atoms with Crippen LogP contribution >= 0.6 is 0 Å². The summed E-state index contributed by atoms with van der Waals surface area (Å²) in [4.78, 5) is 4.47. The zero-order valence-electron chi connectivity index (χ0n) is 10.8. The van der Waals surface area contributed by atoms with E-state index >= 15 is 0 Å². The van der Waals surface area contributed by atoms with Crippen molar-refractivity contribution in [2.24, 2.45) is 7.05 Å². The first-order valence-electron chi connectivity index (χ1n) is 5.83. The maximum Gasteiger partial charge on any atom is 0.203 e. The Morgan fingerprint density at radius 2 is 2.18 bits per heavy atom. The highest BCUT2D eigenvalue weighted by molar-refractivity contribution is 5.30. The van der Waals surface area contributed by atoms with Gasteiger partial charge in [0, 0.05) is 25.5 Å². The van der Waals surface area contributed by atoms with Crippen molar-refractivity contribution in [1.82, 2.24) is 19.3 Å². The smallest absolute Gasteiger partial charge is 0.203 e. The van der Waals surface area contributed by atoms with Gasteiger partial charge in [0.25, 0.3) is 0 Å². The highest BCUT2D eigenvalue weighted by Gasteiger charge is 2.08. The van der Waals surface area contributed by atoms with Gasteiger partial charge in [-0.15, -0.1) is 0 Å². The van der Waals surface area contributed by atoms with Crippen LogP contribution in [0.1, 0.15) is 25.2 Å². The third-order valence-electron chi connectivity index (χ3n) is 2.42. The second kappa shape index (κ2) is 4.61. The van der Waals surface area contributed by atoms with Crippen LogP contribution in [0.25, 0.3) is 0 Å². The summed E-state index contributed by atoms with van der Waals surface area (Å²) in [5, 5.41) is 7.71. The van der Waals surface area contributed by atoms with Crippen molar-refractivity contribution >= 4 is 5.95 Å². The highest BCUT2D eigenvalue weighted by Crippen LogP contribution is 2.11. The standard InChI is InChI=1S/C12H19N5/c1-9(2)13-12-14-10(3)7-17(12)8-11-5-6-16(4)15-11/h5-7,9H,8H2,1-4H3,(H,13,14). The lowest BCUT2D eigenvalue weighted by atomic mass is 10.4. The lowest BCUT2D eigenvalue weighted by Crippen LogP contribution is -2.15. The van der Waals surface area contributed by atoms with E-state index in [1.807, 2.05) is 37.1 Å². The summed E-state index contributed by atoms with van der Waals surface area (Å²) < 4.78 is 3.91. The second-order valence-corrected chi connectivity index (χ2v) is 4.61. The molecule has 0 fully saturated rings. The maximum atomic E-state index is 4.47. The summed E-state index contributed by atoms with van der Waals surface area (Å²) in [6.45, 7) is 6.96. The number of anilines is 1. The summed E-state index contributed by atoms with van der Waals surface area (Å²) in [6, 6.07) is 2.40. The molecule has 2 aromatic rings. The molecule has 0 aliphatic rings. The number of aryl methyl sites for hydroxylation is 2. The predicted octanol–water partition coefficient (Wildman–Crippen LogP) is 1.79. The Bertz CT molecular complexity index is 495. The molecule has 0 amide bonds. The van der Waals surface area contributed by atoms with Crippen LogP contribution in [-0.4, -0.2) is 25.4 Å². The van der Waals surface area contributed by atoms with Crippen LogP contribution in [0.15, 0.2) is 18.5 Å². The molecular weight excluding hydrogens is 214 g/mol. The van der Waals surface area contributed by atoms with Gasteiger partial charge in [0.2, 0.25) is 5.95 Å². The molecule has 1 N–H and O–H groups in total. The van der Waals surface area contributed by atoms with Gasteiger partial charge in [0.1, 0.15) is 0 Å². The fourth-order valence-electron chi connectivity index (χ4n) is 1.76. The summed E-state index contributed by atoms with van der Waals surface area (Å²) in [7, 11) is 1.93. The topological polar surface area (TPSA) is 47.7 Å². The van der Waals surface area contributed by atoms with Crippen LogP contribution in [0.5, 0.6) is 0 Å². The molecule has 5 heteroatoms. The van der Waals surface area contributed by atoms with Crippen molar-refractivity contribution in [3.8, 4) is 0 Å². The molecule has 2 aromatic heterocycles. The summed E-state index contributed by atoms with van der Waals surface area (Å²) in [6.07, 6.45) is 3.99. The van der Waals surface area contributed by atoms with E-state index in [-0.39, 0.29) is 0 Å². The van der Waals surface area contributed by atoms with Crippen molar-refractivity contribution in [2.75, 3.05) is 5.32 Å². The minimum absolute atomic E-state index is 0.374. The maximum absolute atomic E-state index is 4.47. The molecule has 0 bridgehead atoms. The van der Waals surface area contributed by atoms with E-state index in [1.165, 1.54) is 0 Å². The zero-order valence-corrected chi connectivity index (χ0v) is 10.8. The van der Waals surface area contributed by atoms with Crippen LogP contribution in [-0.2, 0) is 13.6 Å². The van der Waals surface area contributed by atoms with Gasteiger partial charge in [-0.25, -0.2) is 4.98 Å². The summed E-state index contributed by atoms with van der Waals surface area (Å²) >= 11 is 0. The first-order chi connectivity index (χ1) is 8.04. The molecule has 0 aliphatic carbocycles. The summed E-state index contributed by atoms with van der Waals surface area (Å²) in [5.74, 6) is 0.906. The SMILES string of the molecule is Cc1cn(Cc2ccn(C)n2)c(NC(C)C)n1. The fraction of sp³-hybridized carbons (Fsp3) is 0.500. The molecule has 2 heterocycles. The molecule has 17 heavy (non-hydrogen) atoms. The lowest BCUT2D eigenvalue weighted by molar-refractivity contribution is 0.703. The average Bonchev–Trinajstić information content (AvgIpc) is 2.74. The molecule has 0 saturated heterocycles. The van der Waals surface area contributed by atoms with Crippen LogP contribution < -0.4 is 5.32 Å². The number of rotatable bonds is 4. The van der Waals surface area contributed by atoms with Gasteiger partial charge >= 0.3 is 0 Å². The van der Waals surface area contributed by atoms with Gasteiger partial charge in [-0.05, 0) is 26.8 Å². The molecule has 0 unspecified atom stereocenters. The van der Waals surface area contributed by atoms with Crippen LogP contribution in [0, 0.1) is 6.92 Å². The Hall–Kier alpha value is -1.78. The van der Waals surface area contributed by atoms with Crippen molar-refractivity contribution in [1.29, 1.82) is 0 Å². The number of hydrogen-bond donors (Lipinski definition) is 1. The van der Waals surface area contributed by atoms with Crippen molar-refractivity contribution in [3.05, 3.63) is 29.8 Å². The molecule has 0 aromatic carbocycles. The fourth-order valence-corrected chi connectivity index (χ4v) is 1.76. The molecular formula is C12H19N5. The van der Waals surface area contributed by atoms with E-state index in [1.54, 1.807) is 0 Å². The zero-order chi connectivity index (χ0) is 12.4. The van der Waals surface area contributed by atoms with E-state index in [9.17, 15) is 0 Å². The lowest BCUT2D eigenvalue weighted by Gasteiger charge is -2.11. The highest BCUT2D eigenvalue weighted by atomic mass is 15.3. The molecule has 0 radical (unpaired) electrons. The van der Waals surface area contributed by atoms with Crippen molar-refractivity contribution in [2.45, 2.75) is 33.4 Å². The third-order valence-corrected chi connectivity index (χ3v) is 2.42. The van der Waals surface area contributed by atoms with Gasteiger partial charge < -0.3 is 9.88 Å². The normalized spacial score (nSPS) is 11.1. The molecule has 0 aliphatic heterocycles. The van der Waals surface area contributed by atoms with Crippen molar-refractivity contribution in [3.63, 3.8) is 0 Å². The van der Waals surface area contributed by atoms with E-state index in [0.717, 1.165) is 23.9 Å². The quantitative estimate of drug-likeness (QED) is 0.876. The number of imidazole rings is 1. The van der Waals surface area contributed by atoms with Gasteiger partial charge in [-0.2, -0.15) is 5.10 Å². The molecule has 0 saturated carbocycles. The minimum atomic E-state index is 0.374. The monoisotopic (exact) mass is 233 g/mol. The predicted molar refractivity (Wildman–Crippen MR) is 68.0 cm³/mol. The van der Waals surface area contributed by atoms with E-state index < -0.39 is 0 Å². The Kier molecular flexibility index (Phi) is 3.17. The van der Waals surface area contributed by atoms with Gasteiger partial charge in [0.05, 0.1) is 17.9 Å². The largest absolute Gasteiger partial charge is 0.353 e. The molecule has 2 rings (SSSR count). The third kappa shape index (κ3) is 2.87. The molecule has 5 nitrogen and oxygen atoms in total. The molecule has 92 valence electrons.